The zero-order valence-electron chi connectivity index (χ0n) is 35.4. The predicted molar refractivity (Wildman–Crippen MR) is 217 cm³/mol. The van der Waals surface area contributed by atoms with E-state index in [4.69, 9.17) is 14.2 Å². The van der Waals surface area contributed by atoms with Gasteiger partial charge in [0.1, 0.15) is 12.6 Å². The minimum atomic E-state index is -1.13. The largest absolute Gasteiger partial charge is 0.544 e. The average Bonchev–Trinajstić information content (AvgIpc) is 3.11. The van der Waals surface area contributed by atoms with Gasteiger partial charge in [-0.15, -0.1) is 0 Å². The number of likely N-dealkylation sites (N-methyl/N-ethyl adjacent to an activating group) is 1. The molecule has 0 aromatic rings. The maximum absolute atomic E-state index is 12.6. The number of carbonyl (C=O) groups is 3. The molecular weight excluding hydrogens is 666 g/mol. The number of rotatable bonds is 40. The van der Waals surface area contributed by atoms with Crippen molar-refractivity contribution in [2.75, 3.05) is 41.0 Å². The second-order valence-corrected chi connectivity index (χ2v) is 16.3. The van der Waals surface area contributed by atoms with Gasteiger partial charge in [-0.1, -0.05) is 167 Å². The number of unbranched alkanes of at least 4 members (excludes halogenated alkanes) is 24. The summed E-state index contributed by atoms with van der Waals surface area (Å²) in [6.45, 7) is 4.62. The number of quaternary nitrogens is 1. The van der Waals surface area contributed by atoms with E-state index < -0.39 is 18.1 Å². The van der Waals surface area contributed by atoms with Crippen LogP contribution in [0.2, 0.25) is 0 Å². The lowest BCUT2D eigenvalue weighted by Gasteiger charge is -2.34. The highest BCUT2D eigenvalue weighted by molar-refractivity contribution is 5.70. The van der Waals surface area contributed by atoms with Crippen molar-refractivity contribution in [2.24, 2.45) is 0 Å². The maximum Gasteiger partial charge on any atom is 0.306 e. The van der Waals surface area contributed by atoms with Crippen molar-refractivity contribution >= 4 is 17.9 Å². The van der Waals surface area contributed by atoms with Crippen molar-refractivity contribution < 1.29 is 38.2 Å². The van der Waals surface area contributed by atoms with Crippen LogP contribution >= 0.6 is 0 Å². The molecule has 0 fully saturated rings. The molecule has 0 bridgehead atoms. The topological polar surface area (TPSA) is 102 Å². The lowest BCUT2D eigenvalue weighted by atomic mass is 10.0. The Kier molecular flexibility index (Phi) is 35.7. The van der Waals surface area contributed by atoms with E-state index in [9.17, 15) is 19.5 Å². The molecule has 0 aliphatic heterocycles. The van der Waals surface area contributed by atoms with Crippen molar-refractivity contribution in [1.82, 2.24) is 0 Å². The average molecular weight is 752 g/mol. The van der Waals surface area contributed by atoms with Gasteiger partial charge in [-0.25, -0.2) is 0 Å². The van der Waals surface area contributed by atoms with E-state index in [1.165, 1.54) is 135 Å². The van der Waals surface area contributed by atoms with Crippen molar-refractivity contribution in [3.63, 3.8) is 0 Å². The van der Waals surface area contributed by atoms with Crippen LogP contribution in [0.25, 0.3) is 0 Å². The molecule has 0 heterocycles. The molecule has 0 aromatic heterocycles. The van der Waals surface area contributed by atoms with Crippen molar-refractivity contribution in [1.29, 1.82) is 0 Å². The molecule has 0 rings (SSSR count). The van der Waals surface area contributed by atoms with E-state index in [-0.39, 0.29) is 49.1 Å². The van der Waals surface area contributed by atoms with Gasteiger partial charge in [0, 0.05) is 19.3 Å². The van der Waals surface area contributed by atoms with E-state index in [2.05, 4.69) is 26.0 Å². The zero-order chi connectivity index (χ0) is 39.3. The lowest BCUT2D eigenvalue weighted by molar-refractivity contribution is -0.889. The van der Waals surface area contributed by atoms with Crippen LogP contribution in [0.15, 0.2) is 12.2 Å². The highest BCUT2D eigenvalue weighted by atomic mass is 16.6. The number of hydrogen-bond donors (Lipinski definition) is 0. The summed E-state index contributed by atoms with van der Waals surface area (Å²) in [6.07, 6.45) is 38.3. The van der Waals surface area contributed by atoms with Gasteiger partial charge in [0.05, 0.1) is 40.3 Å². The summed E-state index contributed by atoms with van der Waals surface area (Å²) >= 11 is 0. The van der Waals surface area contributed by atoms with Crippen LogP contribution in [0.3, 0.4) is 0 Å². The highest BCUT2D eigenvalue weighted by Crippen LogP contribution is 2.16. The molecule has 8 heteroatoms. The second kappa shape index (κ2) is 37.0. The Labute approximate surface area is 327 Å². The molecule has 0 saturated heterocycles. The van der Waals surface area contributed by atoms with Crippen LogP contribution in [0.4, 0.5) is 0 Å². The molecule has 0 aliphatic rings. The Balaban J connectivity index is 4.18. The van der Waals surface area contributed by atoms with E-state index >= 15 is 0 Å². The molecule has 0 spiro atoms. The predicted octanol–water partition coefficient (Wildman–Crippen LogP) is 10.6. The Morgan fingerprint density at radius 2 is 0.962 bits per heavy atom. The monoisotopic (exact) mass is 752 g/mol. The molecule has 0 aromatic carbocycles. The van der Waals surface area contributed by atoms with E-state index in [1.54, 1.807) is 21.1 Å². The first-order valence-corrected chi connectivity index (χ1v) is 22.2. The minimum Gasteiger partial charge on any atom is -0.544 e. The number of carbonyl (C=O) groups excluding carboxylic acids is 3. The third kappa shape index (κ3) is 35.5. The van der Waals surface area contributed by atoms with Gasteiger partial charge in [0.15, 0.2) is 6.10 Å². The van der Waals surface area contributed by atoms with Crippen molar-refractivity contribution in [3.05, 3.63) is 12.2 Å². The fraction of sp³-hybridized carbons (Fsp3) is 0.889. The smallest absolute Gasteiger partial charge is 0.306 e. The van der Waals surface area contributed by atoms with Gasteiger partial charge in [0.2, 0.25) is 0 Å². The van der Waals surface area contributed by atoms with Gasteiger partial charge < -0.3 is 28.6 Å². The van der Waals surface area contributed by atoms with Crippen molar-refractivity contribution in [2.45, 2.75) is 219 Å². The molecule has 2 atom stereocenters. The molecule has 0 aliphatic carbocycles. The summed E-state index contributed by atoms with van der Waals surface area (Å²) in [5, 5.41) is 11.6. The first-order valence-electron chi connectivity index (χ1n) is 22.2. The van der Waals surface area contributed by atoms with Crippen LogP contribution in [-0.4, -0.2) is 75.5 Å². The first-order chi connectivity index (χ1) is 25.6. The SMILES string of the molecule is CCCCCC/C=C/CCCC(=O)OC(COCCC(C(=O)[O-])[N+](C)(C)C)COC(=O)CCCCCCCCCCCCCCCCCCCCCC. The summed E-state index contributed by atoms with van der Waals surface area (Å²) < 4.78 is 17.1. The normalized spacial score (nSPS) is 13.0. The maximum atomic E-state index is 12.6. The molecule has 0 radical (unpaired) electrons. The number of ether oxygens (including phenoxy) is 3. The van der Waals surface area contributed by atoms with Crippen LogP contribution in [0.5, 0.6) is 0 Å². The summed E-state index contributed by atoms with van der Waals surface area (Å²) in [5.74, 6) is -1.77. The minimum absolute atomic E-state index is 0.0346. The van der Waals surface area contributed by atoms with Gasteiger partial charge in [-0.3, -0.25) is 9.59 Å². The Morgan fingerprint density at radius 1 is 0.547 bits per heavy atom. The third-order valence-corrected chi connectivity index (χ3v) is 10.2. The van der Waals surface area contributed by atoms with Gasteiger partial charge >= 0.3 is 11.9 Å². The quantitative estimate of drug-likeness (QED) is 0.0266. The van der Waals surface area contributed by atoms with E-state index in [1.807, 2.05) is 0 Å². The summed E-state index contributed by atoms with van der Waals surface area (Å²) in [6, 6.07) is -0.724. The lowest BCUT2D eigenvalue weighted by Crippen LogP contribution is -2.55. The number of carboxylic acid groups (broad SMARTS) is 1. The number of aliphatic carboxylic acids is 1. The standard InChI is InChI=1S/C45H85NO7/c1-6-8-10-12-14-16-17-18-19-20-21-22-23-24-25-26-28-29-31-33-35-43(47)52-40-41(39-51-38-37-42(45(49)50)46(3,4)5)53-44(48)36-34-32-30-27-15-13-11-9-7-2/h27,30,41-42H,6-26,28-29,31-40H2,1-5H3/b30-27+. The first kappa shape index (κ1) is 51.1. The highest BCUT2D eigenvalue weighted by Gasteiger charge is 2.25. The van der Waals surface area contributed by atoms with Crippen LogP contribution in [-0.2, 0) is 28.6 Å². The van der Waals surface area contributed by atoms with Crippen molar-refractivity contribution in [3.8, 4) is 0 Å². The second-order valence-electron chi connectivity index (χ2n) is 16.3. The fourth-order valence-electron chi connectivity index (χ4n) is 6.66. The summed E-state index contributed by atoms with van der Waals surface area (Å²) in [4.78, 5) is 36.7. The molecular formula is C45H85NO7. The molecule has 2 unspecified atom stereocenters. The van der Waals surface area contributed by atoms with Crippen LogP contribution in [0, 0.1) is 0 Å². The van der Waals surface area contributed by atoms with E-state index in [0.29, 0.717) is 12.8 Å². The van der Waals surface area contributed by atoms with Gasteiger partial charge in [-0.05, 0) is 32.1 Å². The molecule has 8 nitrogen and oxygen atoms in total. The van der Waals surface area contributed by atoms with Gasteiger partial charge in [-0.2, -0.15) is 0 Å². The number of carboxylic acids is 1. The van der Waals surface area contributed by atoms with Gasteiger partial charge in [0.25, 0.3) is 0 Å². The summed E-state index contributed by atoms with van der Waals surface area (Å²) in [5.41, 5.74) is 0. The third-order valence-electron chi connectivity index (χ3n) is 10.2. The number of esters is 2. The number of allylic oxidation sites excluding steroid dienone is 2. The Hall–Kier alpha value is -1.93. The molecule has 0 saturated carbocycles. The zero-order valence-corrected chi connectivity index (χ0v) is 35.4. The molecule has 0 N–H and O–H groups in total. The van der Waals surface area contributed by atoms with Crippen LogP contribution < -0.4 is 5.11 Å². The van der Waals surface area contributed by atoms with E-state index in [0.717, 1.165) is 32.1 Å². The summed E-state index contributed by atoms with van der Waals surface area (Å²) in [7, 11) is 5.40. The molecule has 0 amide bonds. The number of nitrogens with zero attached hydrogens (tertiary/aromatic N) is 1. The Morgan fingerprint density at radius 3 is 1.42 bits per heavy atom. The molecule has 312 valence electrons. The number of hydrogen-bond acceptors (Lipinski definition) is 7. The fourth-order valence-corrected chi connectivity index (χ4v) is 6.66. The Bertz CT molecular complexity index is 885. The molecule has 53 heavy (non-hydrogen) atoms. The van der Waals surface area contributed by atoms with Crippen LogP contribution in [0.1, 0.15) is 206 Å².